The molecule has 0 radical (unpaired) electrons. The maximum Gasteiger partial charge on any atom is 0.397 e. The summed E-state index contributed by atoms with van der Waals surface area (Å²) >= 11 is 0. The van der Waals surface area contributed by atoms with Gasteiger partial charge in [-0.2, -0.15) is 8.42 Å². The molecule has 520 valence electrons. The van der Waals surface area contributed by atoms with Gasteiger partial charge in [0.2, 0.25) is 5.91 Å². The monoisotopic (exact) mass is 1260 g/mol. The largest absolute Gasteiger partial charge is 0.397 e. The van der Waals surface area contributed by atoms with Crippen molar-refractivity contribution in [3.63, 3.8) is 0 Å². The fraction of sp³-hybridized carbons (Fsp3) is 0.986. The Morgan fingerprint density at radius 3 is 0.920 bits per heavy atom. The van der Waals surface area contributed by atoms with Crippen molar-refractivity contribution in [2.45, 2.75) is 455 Å². The zero-order valence-electron chi connectivity index (χ0n) is 57.4. The molecule has 87 heavy (non-hydrogen) atoms. The van der Waals surface area contributed by atoms with Crippen molar-refractivity contribution in [2.24, 2.45) is 0 Å². The summed E-state index contributed by atoms with van der Waals surface area (Å²) in [6.07, 6.45) is 71.7. The Labute approximate surface area is 538 Å². The van der Waals surface area contributed by atoms with Crippen LogP contribution in [-0.2, 0) is 28.9 Å². The third-order valence-corrected chi connectivity index (χ3v) is 19.4. The number of carbonyl (C=O) groups excluding carboxylic acids is 1. The van der Waals surface area contributed by atoms with Crippen LogP contribution < -0.4 is 5.32 Å². The summed E-state index contributed by atoms with van der Waals surface area (Å²) in [5, 5.41) is 45.4. The van der Waals surface area contributed by atoms with Crippen LogP contribution in [0.4, 0.5) is 0 Å². The van der Waals surface area contributed by atoms with E-state index in [1.54, 1.807) is 0 Å². The molecular formula is C74H147NO11S. The topological polar surface area (TPSA) is 192 Å². The summed E-state index contributed by atoms with van der Waals surface area (Å²) < 4.78 is 48.2. The molecule has 0 spiro atoms. The van der Waals surface area contributed by atoms with Gasteiger partial charge in [0.15, 0.2) is 6.29 Å². The molecule has 0 aromatic rings. The fourth-order valence-corrected chi connectivity index (χ4v) is 13.6. The summed E-state index contributed by atoms with van der Waals surface area (Å²) in [6, 6.07) is -0.856. The van der Waals surface area contributed by atoms with E-state index in [9.17, 15) is 38.2 Å². The smallest absolute Gasteiger partial charge is 0.394 e. The van der Waals surface area contributed by atoms with Gasteiger partial charge in [0, 0.05) is 6.42 Å². The van der Waals surface area contributed by atoms with Gasteiger partial charge in [-0.1, -0.05) is 393 Å². The lowest BCUT2D eigenvalue weighted by atomic mass is 9.99. The molecule has 7 atom stereocenters. The first-order valence-electron chi connectivity index (χ1n) is 38.4. The highest BCUT2D eigenvalue weighted by molar-refractivity contribution is 7.80. The summed E-state index contributed by atoms with van der Waals surface area (Å²) in [5.41, 5.74) is 0. The molecule has 1 amide bonds. The second-order valence-corrected chi connectivity index (χ2v) is 28.4. The van der Waals surface area contributed by atoms with Gasteiger partial charge in [0.25, 0.3) is 0 Å². The van der Waals surface area contributed by atoms with Crippen molar-refractivity contribution >= 4 is 16.3 Å². The summed E-state index contributed by atoms with van der Waals surface area (Å²) in [4.78, 5) is 13.3. The second-order valence-electron chi connectivity index (χ2n) is 27.3. The Kier molecular flexibility index (Phi) is 61.7. The quantitative estimate of drug-likeness (QED) is 0.0251. The summed E-state index contributed by atoms with van der Waals surface area (Å²) in [6.45, 7) is 3.54. The number of rotatable bonds is 70. The van der Waals surface area contributed by atoms with E-state index in [4.69, 9.17) is 9.47 Å². The van der Waals surface area contributed by atoms with Crippen LogP contribution in [0.5, 0.6) is 0 Å². The molecular weight excluding hydrogens is 1110 g/mol. The molecule has 0 aliphatic carbocycles. The first-order chi connectivity index (χ1) is 42.5. The average molecular weight is 1260 g/mol. The van der Waals surface area contributed by atoms with Gasteiger partial charge in [-0.05, 0) is 12.8 Å². The number of carbonyl (C=O) groups is 1. The highest BCUT2D eigenvalue weighted by Crippen LogP contribution is 2.27. The number of ether oxygens (including phenoxy) is 2. The van der Waals surface area contributed by atoms with Crippen LogP contribution in [0.1, 0.15) is 412 Å². The van der Waals surface area contributed by atoms with Crippen LogP contribution in [-0.4, -0.2) is 95.4 Å². The molecule has 13 heteroatoms. The van der Waals surface area contributed by atoms with E-state index in [0.717, 1.165) is 51.4 Å². The Balaban J connectivity index is 2.16. The molecule has 6 N–H and O–H groups in total. The van der Waals surface area contributed by atoms with Crippen molar-refractivity contribution in [1.29, 1.82) is 0 Å². The molecule has 0 aromatic carbocycles. The van der Waals surface area contributed by atoms with E-state index in [1.165, 1.54) is 334 Å². The minimum atomic E-state index is -5.08. The number of hydrogen-bond acceptors (Lipinski definition) is 10. The summed E-state index contributed by atoms with van der Waals surface area (Å²) in [5.74, 6) is -0.218. The number of aliphatic hydroxyl groups excluding tert-OH is 4. The van der Waals surface area contributed by atoms with Gasteiger partial charge in [0.05, 0.1) is 25.4 Å². The second kappa shape index (κ2) is 63.8. The van der Waals surface area contributed by atoms with Gasteiger partial charge in [0.1, 0.15) is 24.4 Å². The summed E-state index contributed by atoms with van der Waals surface area (Å²) in [7, 11) is -5.08. The van der Waals surface area contributed by atoms with Crippen LogP contribution in [0.3, 0.4) is 0 Å². The van der Waals surface area contributed by atoms with Crippen molar-refractivity contribution in [3.8, 4) is 0 Å². The maximum absolute atomic E-state index is 13.3. The number of amides is 1. The molecule has 1 rings (SSSR count). The minimum absolute atomic E-state index is 0.218. The molecule has 1 aliphatic heterocycles. The van der Waals surface area contributed by atoms with Crippen LogP contribution in [0.25, 0.3) is 0 Å². The number of hydrogen-bond donors (Lipinski definition) is 6. The van der Waals surface area contributed by atoms with E-state index in [0.29, 0.717) is 12.8 Å². The fourth-order valence-electron chi connectivity index (χ4n) is 13.1. The van der Waals surface area contributed by atoms with Gasteiger partial charge < -0.3 is 35.2 Å². The zero-order valence-corrected chi connectivity index (χ0v) is 58.2. The minimum Gasteiger partial charge on any atom is -0.394 e. The maximum atomic E-state index is 13.3. The van der Waals surface area contributed by atoms with E-state index in [-0.39, 0.29) is 12.5 Å². The SMILES string of the molecule is CCCCCCCCCCCCCCCCCCCCCCCCCCCCCCCCCCCCCC(=O)NC(COC1OC(CO)C(O)C(OS(=O)(=O)O)C1O)C(O)CCCCCCCCCCCCCCCCCCCCCCCCCCC. The molecule has 1 saturated heterocycles. The number of aliphatic hydroxyl groups is 4. The number of nitrogens with one attached hydrogen (secondary N) is 1. The van der Waals surface area contributed by atoms with Crippen LogP contribution >= 0.6 is 0 Å². The average Bonchev–Trinajstić information content (AvgIpc) is 1.79. The van der Waals surface area contributed by atoms with Gasteiger partial charge in [-0.3, -0.25) is 9.35 Å². The van der Waals surface area contributed by atoms with E-state index < -0.39 is 59.9 Å². The molecule has 7 unspecified atom stereocenters. The molecule has 1 aliphatic rings. The molecule has 0 bridgehead atoms. The van der Waals surface area contributed by atoms with E-state index in [2.05, 4.69) is 23.3 Å². The molecule has 0 saturated carbocycles. The lowest BCUT2D eigenvalue weighted by Gasteiger charge is -2.41. The Bertz CT molecular complexity index is 1520. The predicted octanol–water partition coefficient (Wildman–Crippen LogP) is 20.7. The molecule has 0 aromatic heterocycles. The normalized spacial score (nSPS) is 18.0. The first kappa shape index (κ1) is 84.1. The zero-order chi connectivity index (χ0) is 63.2. The predicted molar refractivity (Wildman–Crippen MR) is 366 cm³/mol. The lowest BCUT2D eigenvalue weighted by Crippen LogP contribution is -2.61. The first-order valence-corrected chi connectivity index (χ1v) is 39.8. The van der Waals surface area contributed by atoms with Crippen molar-refractivity contribution in [2.75, 3.05) is 13.2 Å². The standard InChI is InChI=1S/C74H147NO11S/c1-3-5-7-9-11-13-15-17-19-21-23-25-27-29-30-31-32-33-34-35-36-37-38-40-42-44-46-48-50-52-54-56-58-60-62-64-70(78)75-67(66-84-74-72(80)73(86-87(81,82)83)71(79)69(65-76)85-74)68(77)63-61-59-57-55-53-51-49-47-45-43-41-39-28-26-24-22-20-18-16-14-12-10-8-6-4-2/h67-69,71-74,76-77,79-80H,3-66H2,1-2H3,(H,75,78)(H,81,82,83). The Hall–Kier alpha value is -0.900. The van der Waals surface area contributed by atoms with Crippen molar-refractivity contribution < 1.29 is 51.8 Å². The molecule has 1 fully saturated rings. The number of unbranched alkanes of at least 4 members (excludes halogenated alkanes) is 58. The Morgan fingerprint density at radius 2 is 0.667 bits per heavy atom. The van der Waals surface area contributed by atoms with Crippen LogP contribution in [0.2, 0.25) is 0 Å². The highest BCUT2D eigenvalue weighted by Gasteiger charge is 2.48. The van der Waals surface area contributed by atoms with E-state index >= 15 is 0 Å². The molecule has 1 heterocycles. The third kappa shape index (κ3) is 55.3. The van der Waals surface area contributed by atoms with Gasteiger partial charge >= 0.3 is 10.4 Å². The van der Waals surface area contributed by atoms with Gasteiger partial charge in [-0.15, -0.1) is 0 Å². The van der Waals surface area contributed by atoms with Crippen molar-refractivity contribution in [1.82, 2.24) is 5.32 Å². The van der Waals surface area contributed by atoms with Crippen LogP contribution in [0.15, 0.2) is 0 Å². The van der Waals surface area contributed by atoms with E-state index in [1.807, 2.05) is 0 Å². The van der Waals surface area contributed by atoms with Gasteiger partial charge in [-0.25, -0.2) is 4.18 Å². The third-order valence-electron chi connectivity index (χ3n) is 18.9. The Morgan fingerprint density at radius 1 is 0.414 bits per heavy atom. The lowest BCUT2D eigenvalue weighted by molar-refractivity contribution is -0.298. The van der Waals surface area contributed by atoms with Crippen molar-refractivity contribution in [3.05, 3.63) is 0 Å². The molecule has 12 nitrogen and oxygen atoms in total. The van der Waals surface area contributed by atoms with Crippen LogP contribution in [0, 0.1) is 0 Å². The highest BCUT2D eigenvalue weighted by atomic mass is 32.3.